The molecule has 0 aliphatic heterocycles. The highest BCUT2D eigenvalue weighted by molar-refractivity contribution is 6.43. The van der Waals surface area contributed by atoms with E-state index in [1.54, 1.807) is 12.1 Å². The summed E-state index contributed by atoms with van der Waals surface area (Å²) in [5, 5.41) is 4.29. The molecule has 0 unspecified atom stereocenters. The Kier molecular flexibility index (Phi) is 5.22. The Morgan fingerprint density at radius 2 is 1.80 bits per heavy atom. The zero-order valence-electron chi connectivity index (χ0n) is 11.1. The van der Waals surface area contributed by atoms with Gasteiger partial charge in [0.2, 0.25) is 0 Å². The number of hydrogen-bond donors (Lipinski definition) is 1. The molecule has 0 saturated carbocycles. The summed E-state index contributed by atoms with van der Waals surface area (Å²) in [6.07, 6.45) is 0. The van der Waals surface area contributed by atoms with Gasteiger partial charge in [-0.15, -0.1) is 0 Å². The van der Waals surface area contributed by atoms with Gasteiger partial charge in [0.1, 0.15) is 23.9 Å². The summed E-state index contributed by atoms with van der Waals surface area (Å²) in [6.45, 7) is 2.95. The van der Waals surface area contributed by atoms with E-state index in [1.165, 1.54) is 0 Å². The molecule has 108 valence electrons. The van der Waals surface area contributed by atoms with E-state index in [9.17, 15) is 0 Å². The average molecular weight is 335 g/mol. The normalized spacial score (nSPS) is 10.8. The lowest BCUT2D eigenvalue weighted by Crippen LogP contribution is -2.04. The molecule has 0 aliphatic rings. The van der Waals surface area contributed by atoms with Crippen molar-refractivity contribution in [3.8, 4) is 5.75 Å². The van der Waals surface area contributed by atoms with Crippen molar-refractivity contribution in [1.82, 2.24) is 5.32 Å². The summed E-state index contributed by atoms with van der Waals surface area (Å²) in [7, 11) is 1.89. The first-order valence-corrected chi connectivity index (χ1v) is 7.14. The number of furan rings is 1. The minimum Gasteiger partial charge on any atom is -0.484 e. The predicted molar refractivity (Wildman–Crippen MR) is 82.0 cm³/mol. The van der Waals surface area contributed by atoms with E-state index < -0.39 is 0 Å². The third-order valence-corrected chi connectivity index (χ3v) is 3.80. The van der Waals surface area contributed by atoms with Crippen molar-refractivity contribution in [1.29, 1.82) is 0 Å². The smallest absolute Gasteiger partial charge is 0.146 e. The minimum absolute atomic E-state index is 0.280. The molecule has 0 radical (unpaired) electrons. The lowest BCUT2D eigenvalue weighted by molar-refractivity contribution is 0.268. The molecule has 1 heterocycles. The Morgan fingerprint density at radius 1 is 1.10 bits per heavy atom. The van der Waals surface area contributed by atoms with Crippen molar-refractivity contribution < 1.29 is 9.15 Å². The number of hydrogen-bond acceptors (Lipinski definition) is 3. The van der Waals surface area contributed by atoms with Gasteiger partial charge in [0.25, 0.3) is 0 Å². The van der Waals surface area contributed by atoms with Crippen molar-refractivity contribution in [3.05, 3.63) is 50.4 Å². The maximum atomic E-state index is 6.05. The highest BCUT2D eigenvalue weighted by Gasteiger charge is 2.10. The van der Waals surface area contributed by atoms with Gasteiger partial charge in [0.05, 0.1) is 15.1 Å². The van der Waals surface area contributed by atoms with Gasteiger partial charge in [0, 0.05) is 18.2 Å². The van der Waals surface area contributed by atoms with Crippen LogP contribution in [0, 0.1) is 6.92 Å². The van der Waals surface area contributed by atoms with E-state index in [0.717, 1.165) is 23.6 Å². The van der Waals surface area contributed by atoms with Crippen LogP contribution in [0.1, 0.15) is 17.1 Å². The van der Waals surface area contributed by atoms with Crippen LogP contribution in [0.4, 0.5) is 0 Å². The van der Waals surface area contributed by atoms with Crippen LogP contribution in [0.5, 0.6) is 5.75 Å². The predicted octanol–water partition coefficient (Wildman–Crippen LogP) is 4.85. The first kappa shape index (κ1) is 15.5. The second-order valence-corrected chi connectivity index (χ2v) is 5.53. The standard InChI is InChI=1S/C14H14Cl3NO2/c1-8-9(6-18-2)3-10(20-8)7-19-14-5-12(16)11(15)4-13(14)17/h3-5,18H,6-7H2,1-2H3. The average Bonchev–Trinajstić information content (AvgIpc) is 2.74. The number of ether oxygens (including phenoxy) is 1. The fourth-order valence-corrected chi connectivity index (χ4v) is 2.38. The van der Waals surface area contributed by atoms with Gasteiger partial charge in [-0.2, -0.15) is 0 Å². The molecule has 0 spiro atoms. The summed E-state index contributed by atoms with van der Waals surface area (Å²) in [5.41, 5.74) is 1.10. The first-order chi connectivity index (χ1) is 9.51. The van der Waals surface area contributed by atoms with Crippen LogP contribution in [0.25, 0.3) is 0 Å². The third-order valence-electron chi connectivity index (χ3n) is 2.78. The molecule has 0 atom stereocenters. The summed E-state index contributed by atoms with van der Waals surface area (Å²) in [6, 6.07) is 5.11. The highest BCUT2D eigenvalue weighted by atomic mass is 35.5. The quantitative estimate of drug-likeness (QED) is 0.794. The Hall–Kier alpha value is -0.870. The molecule has 0 saturated heterocycles. The monoisotopic (exact) mass is 333 g/mol. The van der Waals surface area contributed by atoms with Crippen molar-refractivity contribution in [2.45, 2.75) is 20.1 Å². The van der Waals surface area contributed by atoms with E-state index in [4.69, 9.17) is 44.0 Å². The molecule has 2 aromatic rings. The van der Waals surface area contributed by atoms with Gasteiger partial charge in [-0.1, -0.05) is 34.8 Å². The Morgan fingerprint density at radius 3 is 2.50 bits per heavy atom. The maximum Gasteiger partial charge on any atom is 0.146 e. The van der Waals surface area contributed by atoms with E-state index in [-0.39, 0.29) is 6.61 Å². The molecule has 1 aromatic carbocycles. The molecule has 2 rings (SSSR count). The second-order valence-electron chi connectivity index (χ2n) is 4.31. The molecule has 0 bridgehead atoms. The summed E-state index contributed by atoms with van der Waals surface area (Å²) in [4.78, 5) is 0. The van der Waals surface area contributed by atoms with Gasteiger partial charge in [-0.25, -0.2) is 0 Å². The molecule has 6 heteroatoms. The van der Waals surface area contributed by atoms with E-state index in [0.29, 0.717) is 20.8 Å². The summed E-state index contributed by atoms with van der Waals surface area (Å²) in [5.74, 6) is 2.08. The van der Waals surface area contributed by atoms with Crippen molar-refractivity contribution >= 4 is 34.8 Å². The highest BCUT2D eigenvalue weighted by Crippen LogP contribution is 2.34. The van der Waals surface area contributed by atoms with E-state index in [2.05, 4.69) is 5.32 Å². The van der Waals surface area contributed by atoms with Crippen LogP contribution in [-0.4, -0.2) is 7.05 Å². The van der Waals surface area contributed by atoms with Gasteiger partial charge in [-0.05, 0) is 26.1 Å². The number of benzene rings is 1. The number of halogens is 3. The van der Waals surface area contributed by atoms with Crippen molar-refractivity contribution in [2.75, 3.05) is 7.05 Å². The maximum absolute atomic E-state index is 6.05. The Balaban J connectivity index is 2.09. The van der Waals surface area contributed by atoms with Crippen molar-refractivity contribution in [2.24, 2.45) is 0 Å². The molecule has 0 aliphatic carbocycles. The first-order valence-electron chi connectivity index (χ1n) is 6.01. The molecule has 1 N–H and O–H groups in total. The largest absolute Gasteiger partial charge is 0.484 e. The summed E-state index contributed by atoms with van der Waals surface area (Å²) < 4.78 is 11.2. The van der Waals surface area contributed by atoms with Gasteiger partial charge < -0.3 is 14.5 Å². The van der Waals surface area contributed by atoms with Crippen LogP contribution in [-0.2, 0) is 13.2 Å². The molecule has 0 fully saturated rings. The zero-order valence-corrected chi connectivity index (χ0v) is 13.4. The van der Waals surface area contributed by atoms with Gasteiger partial charge in [-0.3, -0.25) is 0 Å². The molecule has 0 amide bonds. The van der Waals surface area contributed by atoms with Gasteiger partial charge in [0.15, 0.2) is 0 Å². The summed E-state index contributed by atoms with van der Waals surface area (Å²) >= 11 is 17.8. The van der Waals surface area contributed by atoms with Crippen LogP contribution in [0.2, 0.25) is 15.1 Å². The van der Waals surface area contributed by atoms with Crippen LogP contribution in [0.15, 0.2) is 22.6 Å². The van der Waals surface area contributed by atoms with Crippen LogP contribution in [0.3, 0.4) is 0 Å². The molecule has 1 aromatic heterocycles. The lowest BCUT2D eigenvalue weighted by Gasteiger charge is -2.07. The zero-order chi connectivity index (χ0) is 14.7. The van der Waals surface area contributed by atoms with Crippen molar-refractivity contribution in [3.63, 3.8) is 0 Å². The topological polar surface area (TPSA) is 34.4 Å². The Labute approximate surface area is 132 Å². The molecule has 3 nitrogen and oxygen atoms in total. The Bertz CT molecular complexity index is 611. The molecule has 20 heavy (non-hydrogen) atoms. The lowest BCUT2D eigenvalue weighted by atomic mass is 10.2. The molecular formula is C14H14Cl3NO2. The van der Waals surface area contributed by atoms with E-state index >= 15 is 0 Å². The third kappa shape index (κ3) is 3.61. The second kappa shape index (κ2) is 6.72. The number of aryl methyl sites for hydroxylation is 1. The van der Waals surface area contributed by atoms with E-state index in [1.807, 2.05) is 20.0 Å². The minimum atomic E-state index is 0.280. The number of rotatable bonds is 5. The molecular weight excluding hydrogens is 321 g/mol. The SMILES string of the molecule is CNCc1cc(COc2cc(Cl)c(Cl)cc2Cl)oc1C. The van der Waals surface area contributed by atoms with Crippen LogP contribution < -0.4 is 10.1 Å². The van der Waals surface area contributed by atoms with Crippen LogP contribution >= 0.6 is 34.8 Å². The fraction of sp³-hybridized carbons (Fsp3) is 0.286. The fourth-order valence-electron chi connectivity index (χ4n) is 1.79. The number of nitrogens with one attached hydrogen (secondary N) is 1. The van der Waals surface area contributed by atoms with Gasteiger partial charge >= 0.3 is 0 Å².